The van der Waals surface area contributed by atoms with Gasteiger partial charge >= 0.3 is 0 Å². The van der Waals surface area contributed by atoms with Crippen LogP contribution in [0.15, 0.2) is 71.7 Å². The number of pyridine rings is 2. The minimum absolute atomic E-state index is 0.0241. The standard InChI is InChI=1S/C48H55F2N9O6/c49-44(50)43-36(54-46(61)37-29-65-48(55-37)33-19-20-51-40(26-33)53-27-31-10-11-31)28-58(57-43)34-14-12-30(13-15-34)6-3-4-22-63-24-25-64-23-5-7-32-18-21-52-45-42(32)35-8-1-2-9-38(35)59(45)39-16-17-41(60)56-47(39)62/h1-2,8-9,18-21,26,28-31,34,39,44H,3-7,10-17,22-25,27H2,(H,51,53)(H,54,61)(H,56,60,62). The molecule has 2 saturated carbocycles. The fourth-order valence-corrected chi connectivity index (χ4v) is 9.23. The van der Waals surface area contributed by atoms with Gasteiger partial charge in [0.2, 0.25) is 17.7 Å². The Labute approximate surface area is 375 Å². The molecule has 5 aromatic heterocycles. The average molecular weight is 892 g/mol. The molecule has 342 valence electrons. The number of alkyl halides is 2. The number of hydrogen-bond donors (Lipinski definition) is 3. The topological polar surface area (TPSA) is 180 Å². The quantitative estimate of drug-likeness (QED) is 0.0464. The maximum Gasteiger partial charge on any atom is 0.284 e. The maximum absolute atomic E-state index is 14.1. The van der Waals surface area contributed by atoms with Crippen LogP contribution in [0.4, 0.5) is 20.3 Å². The lowest BCUT2D eigenvalue weighted by atomic mass is 9.83. The van der Waals surface area contributed by atoms with E-state index < -0.39 is 24.1 Å². The molecule has 9 rings (SSSR count). The van der Waals surface area contributed by atoms with Crippen LogP contribution in [-0.4, -0.2) is 80.0 Å². The first-order chi connectivity index (χ1) is 31.8. The van der Waals surface area contributed by atoms with E-state index in [1.54, 1.807) is 29.2 Å². The van der Waals surface area contributed by atoms with Gasteiger partial charge in [-0.05, 0) is 106 Å². The van der Waals surface area contributed by atoms with E-state index in [-0.39, 0.29) is 35.1 Å². The number of carbonyl (C=O) groups is 3. The van der Waals surface area contributed by atoms with E-state index in [9.17, 15) is 23.2 Å². The number of aryl methyl sites for hydroxylation is 1. The minimum Gasteiger partial charge on any atom is -0.444 e. The summed E-state index contributed by atoms with van der Waals surface area (Å²) >= 11 is 0. The first-order valence-corrected chi connectivity index (χ1v) is 23.0. The lowest BCUT2D eigenvalue weighted by Gasteiger charge is -2.28. The Bertz CT molecular complexity index is 2610. The number of hydrogen-bond acceptors (Lipinski definition) is 11. The largest absolute Gasteiger partial charge is 0.444 e. The van der Waals surface area contributed by atoms with Crippen molar-refractivity contribution in [3.8, 4) is 11.5 Å². The molecule has 65 heavy (non-hydrogen) atoms. The first kappa shape index (κ1) is 44.1. The van der Waals surface area contributed by atoms with E-state index in [4.69, 9.17) is 18.9 Å². The molecule has 0 bridgehead atoms. The van der Waals surface area contributed by atoms with Gasteiger partial charge in [0, 0.05) is 61.1 Å². The van der Waals surface area contributed by atoms with Crippen LogP contribution in [0.3, 0.4) is 0 Å². The van der Waals surface area contributed by atoms with Gasteiger partial charge in [-0.2, -0.15) is 5.10 Å². The Balaban J connectivity index is 0.663. The van der Waals surface area contributed by atoms with Crippen LogP contribution in [0, 0.1) is 11.8 Å². The van der Waals surface area contributed by atoms with Gasteiger partial charge in [0.25, 0.3) is 12.3 Å². The van der Waals surface area contributed by atoms with E-state index in [1.807, 2.05) is 28.8 Å². The number of para-hydroxylation sites is 1. The van der Waals surface area contributed by atoms with E-state index in [0.717, 1.165) is 91.8 Å². The zero-order chi connectivity index (χ0) is 44.7. The number of halogens is 2. The van der Waals surface area contributed by atoms with Gasteiger partial charge in [0.05, 0.1) is 30.5 Å². The van der Waals surface area contributed by atoms with Gasteiger partial charge in [-0.25, -0.2) is 23.7 Å². The lowest BCUT2D eigenvalue weighted by Crippen LogP contribution is -2.41. The number of nitrogens with one attached hydrogen (secondary N) is 3. The Morgan fingerprint density at radius 1 is 0.908 bits per heavy atom. The molecule has 0 radical (unpaired) electrons. The van der Waals surface area contributed by atoms with E-state index in [0.29, 0.717) is 62.5 Å². The second-order valence-electron chi connectivity index (χ2n) is 17.5. The zero-order valence-electron chi connectivity index (χ0n) is 36.4. The monoisotopic (exact) mass is 891 g/mol. The van der Waals surface area contributed by atoms with Gasteiger partial charge in [0.1, 0.15) is 23.8 Å². The lowest BCUT2D eigenvalue weighted by molar-refractivity contribution is -0.135. The van der Waals surface area contributed by atoms with Gasteiger partial charge in [-0.3, -0.25) is 24.4 Å². The van der Waals surface area contributed by atoms with E-state index in [1.165, 1.54) is 25.3 Å². The van der Waals surface area contributed by atoms with Crippen LogP contribution in [0.1, 0.15) is 117 Å². The van der Waals surface area contributed by atoms with Crippen molar-refractivity contribution in [1.82, 2.24) is 34.6 Å². The number of rotatable bonds is 21. The number of ether oxygens (including phenoxy) is 2. The van der Waals surface area contributed by atoms with Gasteiger partial charge in [-0.1, -0.05) is 31.0 Å². The van der Waals surface area contributed by atoms with Crippen molar-refractivity contribution in [3.63, 3.8) is 0 Å². The number of aromatic nitrogens is 6. The Morgan fingerprint density at radius 3 is 2.49 bits per heavy atom. The minimum atomic E-state index is -2.86. The first-order valence-electron chi connectivity index (χ1n) is 23.0. The molecule has 1 atom stereocenters. The molecule has 1 aromatic carbocycles. The molecule has 17 heteroatoms. The SMILES string of the molecule is O=C1CCC(n2c3ccccc3c3c(CCCOCCOCCCCC4CCC(n5cc(NC(=O)c6coc(-c7ccnc(NCC8CC8)c7)n6)c(C(F)F)n5)CC4)ccnc32)C(=O)N1. The van der Waals surface area contributed by atoms with Crippen molar-refractivity contribution >= 4 is 51.2 Å². The Kier molecular flexibility index (Phi) is 13.9. The van der Waals surface area contributed by atoms with Crippen molar-refractivity contribution in [2.45, 2.75) is 102 Å². The number of anilines is 2. The van der Waals surface area contributed by atoms with E-state index in [2.05, 4.69) is 37.1 Å². The van der Waals surface area contributed by atoms with Crippen molar-refractivity contribution < 1.29 is 37.1 Å². The summed E-state index contributed by atoms with van der Waals surface area (Å²) in [7, 11) is 0. The number of unbranched alkanes of at least 4 members (excludes halogenated alkanes) is 1. The predicted octanol–water partition coefficient (Wildman–Crippen LogP) is 8.99. The third-order valence-electron chi connectivity index (χ3n) is 12.9. The number of piperidine rings is 1. The molecule has 6 aromatic rings. The number of amides is 3. The number of nitrogens with zero attached hydrogens (tertiary/aromatic N) is 6. The van der Waals surface area contributed by atoms with Crippen molar-refractivity contribution in [2.24, 2.45) is 11.8 Å². The van der Waals surface area contributed by atoms with Crippen molar-refractivity contribution in [2.75, 3.05) is 43.6 Å². The number of carbonyl (C=O) groups excluding carboxylic acids is 3. The van der Waals surface area contributed by atoms with Crippen LogP contribution in [0.25, 0.3) is 33.4 Å². The Hall–Kier alpha value is -6.07. The van der Waals surface area contributed by atoms with Crippen molar-refractivity contribution in [3.05, 3.63) is 84.3 Å². The summed E-state index contributed by atoms with van der Waals surface area (Å²) in [5.41, 5.74) is 2.97. The second-order valence-corrected chi connectivity index (χ2v) is 17.5. The van der Waals surface area contributed by atoms with Crippen LogP contribution < -0.4 is 16.0 Å². The second kappa shape index (κ2) is 20.4. The van der Waals surface area contributed by atoms with Crippen LogP contribution in [-0.2, 0) is 25.5 Å². The smallest absolute Gasteiger partial charge is 0.284 e. The highest BCUT2D eigenvalue weighted by Gasteiger charge is 2.32. The third kappa shape index (κ3) is 10.6. The summed E-state index contributed by atoms with van der Waals surface area (Å²) in [6, 6.07) is 13.1. The molecular weight excluding hydrogens is 837 g/mol. The third-order valence-corrected chi connectivity index (χ3v) is 12.9. The molecule has 2 aliphatic carbocycles. The molecule has 3 N–H and O–H groups in total. The average Bonchev–Trinajstić information content (AvgIpc) is 3.67. The summed E-state index contributed by atoms with van der Waals surface area (Å²) in [5.74, 6) is 0.972. The zero-order valence-corrected chi connectivity index (χ0v) is 36.4. The fraction of sp³-hybridized carbons (Fsp3) is 0.479. The number of oxazole rings is 1. The van der Waals surface area contributed by atoms with E-state index >= 15 is 0 Å². The molecule has 1 unspecified atom stereocenters. The highest BCUT2D eigenvalue weighted by atomic mass is 19.3. The number of imide groups is 1. The number of benzene rings is 1. The number of fused-ring (bicyclic) bond motifs is 3. The highest BCUT2D eigenvalue weighted by molar-refractivity contribution is 6.10. The summed E-state index contributed by atoms with van der Waals surface area (Å²) in [6.45, 7) is 3.16. The van der Waals surface area contributed by atoms with Gasteiger partial charge < -0.3 is 29.1 Å². The molecule has 6 heterocycles. The fourth-order valence-electron chi connectivity index (χ4n) is 9.23. The molecule has 15 nitrogen and oxygen atoms in total. The normalized spacial score (nSPS) is 19.0. The highest BCUT2D eigenvalue weighted by Crippen LogP contribution is 2.38. The maximum atomic E-state index is 14.1. The van der Waals surface area contributed by atoms with Crippen LogP contribution in [0.5, 0.6) is 0 Å². The summed E-state index contributed by atoms with van der Waals surface area (Å²) < 4.78 is 49.2. The molecule has 1 saturated heterocycles. The van der Waals surface area contributed by atoms with Crippen LogP contribution >= 0.6 is 0 Å². The molecule has 1 aliphatic heterocycles. The summed E-state index contributed by atoms with van der Waals surface area (Å²) in [4.78, 5) is 51.2. The summed E-state index contributed by atoms with van der Waals surface area (Å²) in [6.07, 6.45) is 14.8. The predicted molar refractivity (Wildman–Crippen MR) is 240 cm³/mol. The molecule has 3 amide bonds. The van der Waals surface area contributed by atoms with Crippen LogP contribution in [0.2, 0.25) is 0 Å². The Morgan fingerprint density at radius 2 is 1.69 bits per heavy atom. The summed E-state index contributed by atoms with van der Waals surface area (Å²) in [5, 5.41) is 14.7. The molecule has 3 aliphatic rings. The molecule has 3 fully saturated rings. The van der Waals surface area contributed by atoms with Gasteiger partial charge in [0.15, 0.2) is 11.4 Å². The van der Waals surface area contributed by atoms with Gasteiger partial charge in [-0.15, -0.1) is 0 Å². The van der Waals surface area contributed by atoms with Crippen molar-refractivity contribution in [1.29, 1.82) is 0 Å². The molecular formula is C48H55F2N9O6. The molecule has 0 spiro atoms.